The molecule has 3 N–H and O–H groups in total. The lowest BCUT2D eigenvalue weighted by Crippen LogP contribution is -2.40. The van der Waals surface area contributed by atoms with E-state index < -0.39 is 5.60 Å². The number of nitrogens with zero attached hydrogens (tertiary/aromatic N) is 1. The van der Waals surface area contributed by atoms with Crippen molar-refractivity contribution in [2.24, 2.45) is 11.1 Å². The fraction of sp³-hybridized carbons (Fsp3) is 1.00. The fourth-order valence-electron chi connectivity index (χ4n) is 1.46. The van der Waals surface area contributed by atoms with E-state index in [0.29, 0.717) is 6.54 Å². The molecule has 3 heteroatoms. The molecular formula is C12H28N2O. The van der Waals surface area contributed by atoms with Crippen molar-refractivity contribution in [2.75, 3.05) is 26.2 Å². The van der Waals surface area contributed by atoms with Crippen LogP contribution in [0, 0.1) is 5.41 Å². The lowest BCUT2D eigenvalue weighted by atomic mass is 9.89. The van der Waals surface area contributed by atoms with E-state index in [4.69, 9.17) is 5.73 Å². The molecule has 0 aromatic rings. The van der Waals surface area contributed by atoms with Crippen molar-refractivity contribution in [3.05, 3.63) is 0 Å². The molecule has 0 bridgehead atoms. The molecule has 15 heavy (non-hydrogen) atoms. The molecule has 0 aliphatic heterocycles. The third kappa shape index (κ3) is 7.77. The average Bonchev–Trinajstić information content (AvgIpc) is 2.10. The summed E-state index contributed by atoms with van der Waals surface area (Å²) in [6, 6.07) is 0. The van der Waals surface area contributed by atoms with Gasteiger partial charge in [0.05, 0.1) is 5.60 Å². The van der Waals surface area contributed by atoms with Crippen LogP contribution in [0.25, 0.3) is 0 Å². The maximum Gasteiger partial charge on any atom is 0.0718 e. The maximum atomic E-state index is 9.74. The monoisotopic (exact) mass is 216 g/mol. The molecule has 0 unspecified atom stereocenters. The first-order chi connectivity index (χ1) is 6.70. The molecule has 0 saturated carbocycles. The Morgan fingerprint density at radius 1 is 1.20 bits per heavy atom. The second kappa shape index (κ2) is 5.83. The highest BCUT2D eigenvalue weighted by molar-refractivity contribution is 4.75. The van der Waals surface area contributed by atoms with E-state index in [9.17, 15) is 5.11 Å². The van der Waals surface area contributed by atoms with Crippen LogP contribution in [-0.4, -0.2) is 41.8 Å². The van der Waals surface area contributed by atoms with Gasteiger partial charge in [0.25, 0.3) is 0 Å². The lowest BCUT2D eigenvalue weighted by Gasteiger charge is -2.31. The summed E-state index contributed by atoms with van der Waals surface area (Å²) in [7, 11) is 0. The van der Waals surface area contributed by atoms with E-state index in [2.05, 4.69) is 25.7 Å². The Bertz CT molecular complexity index is 173. The van der Waals surface area contributed by atoms with Gasteiger partial charge in [-0.05, 0) is 45.3 Å². The molecule has 0 aromatic carbocycles. The SMILES string of the molecule is CCN(CCC(C)(C)CN)CC(C)(C)O. The number of hydrogen-bond acceptors (Lipinski definition) is 3. The van der Waals surface area contributed by atoms with Crippen LogP contribution in [0.1, 0.15) is 41.0 Å². The molecule has 0 aliphatic carbocycles. The Balaban J connectivity index is 4.01. The van der Waals surface area contributed by atoms with Crippen LogP contribution in [0.4, 0.5) is 0 Å². The van der Waals surface area contributed by atoms with Gasteiger partial charge in [0.2, 0.25) is 0 Å². The number of likely N-dealkylation sites (N-methyl/N-ethyl adjacent to an activating group) is 1. The zero-order chi connectivity index (χ0) is 12.1. The first-order valence-electron chi connectivity index (χ1n) is 5.85. The van der Waals surface area contributed by atoms with Crippen LogP contribution >= 0.6 is 0 Å². The number of aliphatic hydroxyl groups is 1. The number of hydrogen-bond donors (Lipinski definition) is 2. The summed E-state index contributed by atoms with van der Waals surface area (Å²) < 4.78 is 0. The fourth-order valence-corrected chi connectivity index (χ4v) is 1.46. The van der Waals surface area contributed by atoms with Crippen LogP contribution in [0.5, 0.6) is 0 Å². The molecule has 0 aromatic heterocycles. The summed E-state index contributed by atoms with van der Waals surface area (Å²) >= 11 is 0. The molecular weight excluding hydrogens is 188 g/mol. The minimum atomic E-state index is -0.608. The lowest BCUT2D eigenvalue weighted by molar-refractivity contribution is 0.0344. The molecule has 3 nitrogen and oxygen atoms in total. The molecule has 0 atom stereocenters. The molecule has 0 radical (unpaired) electrons. The van der Waals surface area contributed by atoms with Crippen molar-refractivity contribution in [2.45, 2.75) is 46.6 Å². The Kier molecular flexibility index (Phi) is 5.78. The van der Waals surface area contributed by atoms with Crippen LogP contribution < -0.4 is 5.73 Å². The van der Waals surface area contributed by atoms with Crippen LogP contribution in [-0.2, 0) is 0 Å². The second-order valence-electron chi connectivity index (χ2n) is 5.80. The highest BCUT2D eigenvalue weighted by atomic mass is 16.3. The van der Waals surface area contributed by atoms with Crippen molar-refractivity contribution >= 4 is 0 Å². The van der Waals surface area contributed by atoms with Gasteiger partial charge in [0.15, 0.2) is 0 Å². The zero-order valence-electron chi connectivity index (χ0n) is 11.0. The molecule has 0 fully saturated rings. The van der Waals surface area contributed by atoms with E-state index in [1.54, 1.807) is 0 Å². The average molecular weight is 216 g/mol. The van der Waals surface area contributed by atoms with Gasteiger partial charge in [-0.1, -0.05) is 20.8 Å². The molecule has 0 rings (SSSR count). The normalized spacial score (nSPS) is 13.6. The standard InChI is InChI=1S/C12H28N2O/c1-6-14(10-12(4,5)15)8-7-11(2,3)9-13/h15H,6-10,13H2,1-5H3. The van der Waals surface area contributed by atoms with Gasteiger partial charge in [-0.2, -0.15) is 0 Å². The quantitative estimate of drug-likeness (QED) is 0.677. The summed E-state index contributed by atoms with van der Waals surface area (Å²) in [5, 5.41) is 9.74. The van der Waals surface area contributed by atoms with Gasteiger partial charge in [-0.3, -0.25) is 0 Å². The number of nitrogens with two attached hydrogens (primary N) is 1. The van der Waals surface area contributed by atoms with E-state index in [1.807, 2.05) is 13.8 Å². The van der Waals surface area contributed by atoms with E-state index in [1.165, 1.54) is 0 Å². The Hall–Kier alpha value is -0.120. The third-order valence-corrected chi connectivity index (χ3v) is 2.72. The summed E-state index contributed by atoms with van der Waals surface area (Å²) in [6.45, 7) is 13.6. The van der Waals surface area contributed by atoms with Gasteiger partial charge in [0, 0.05) is 6.54 Å². The van der Waals surface area contributed by atoms with Gasteiger partial charge in [-0.25, -0.2) is 0 Å². The Morgan fingerprint density at radius 2 is 1.73 bits per heavy atom. The van der Waals surface area contributed by atoms with Crippen LogP contribution in [0.2, 0.25) is 0 Å². The van der Waals surface area contributed by atoms with Gasteiger partial charge < -0.3 is 15.7 Å². The Labute approximate surface area is 94.6 Å². The molecule has 0 amide bonds. The minimum Gasteiger partial charge on any atom is -0.389 e. The van der Waals surface area contributed by atoms with E-state index in [0.717, 1.165) is 26.1 Å². The first-order valence-corrected chi connectivity index (χ1v) is 5.85. The topological polar surface area (TPSA) is 49.5 Å². The van der Waals surface area contributed by atoms with Crippen molar-refractivity contribution in [1.82, 2.24) is 4.90 Å². The highest BCUT2D eigenvalue weighted by Gasteiger charge is 2.20. The second-order valence-corrected chi connectivity index (χ2v) is 5.80. The summed E-state index contributed by atoms with van der Waals surface area (Å²) in [4.78, 5) is 2.28. The summed E-state index contributed by atoms with van der Waals surface area (Å²) in [6.07, 6.45) is 1.08. The van der Waals surface area contributed by atoms with Gasteiger partial charge in [-0.15, -0.1) is 0 Å². The zero-order valence-corrected chi connectivity index (χ0v) is 11.0. The molecule has 92 valence electrons. The predicted octanol–water partition coefficient (Wildman–Crippen LogP) is 1.45. The molecule has 0 heterocycles. The van der Waals surface area contributed by atoms with Crippen molar-refractivity contribution in [1.29, 1.82) is 0 Å². The molecule has 0 saturated heterocycles. The highest BCUT2D eigenvalue weighted by Crippen LogP contribution is 2.19. The van der Waals surface area contributed by atoms with Crippen LogP contribution in [0.15, 0.2) is 0 Å². The van der Waals surface area contributed by atoms with Gasteiger partial charge >= 0.3 is 0 Å². The maximum absolute atomic E-state index is 9.74. The largest absolute Gasteiger partial charge is 0.389 e. The van der Waals surface area contributed by atoms with E-state index >= 15 is 0 Å². The summed E-state index contributed by atoms with van der Waals surface area (Å²) in [5.74, 6) is 0. The van der Waals surface area contributed by atoms with Gasteiger partial charge in [0.1, 0.15) is 0 Å². The van der Waals surface area contributed by atoms with Crippen molar-refractivity contribution < 1.29 is 5.11 Å². The molecule has 0 spiro atoms. The number of rotatable bonds is 7. The predicted molar refractivity (Wildman–Crippen MR) is 65.9 cm³/mol. The molecule has 0 aliphatic rings. The first kappa shape index (κ1) is 14.9. The summed E-state index contributed by atoms with van der Waals surface area (Å²) in [5.41, 5.74) is 5.29. The Morgan fingerprint density at radius 3 is 2.07 bits per heavy atom. The van der Waals surface area contributed by atoms with Crippen molar-refractivity contribution in [3.63, 3.8) is 0 Å². The third-order valence-electron chi connectivity index (χ3n) is 2.72. The van der Waals surface area contributed by atoms with Crippen molar-refractivity contribution in [3.8, 4) is 0 Å². The van der Waals surface area contributed by atoms with Crippen LogP contribution in [0.3, 0.4) is 0 Å². The minimum absolute atomic E-state index is 0.201. The smallest absolute Gasteiger partial charge is 0.0718 e. The van der Waals surface area contributed by atoms with E-state index in [-0.39, 0.29) is 5.41 Å².